The topological polar surface area (TPSA) is 99.8 Å². The molecule has 3 aromatic rings. The number of benzene rings is 1. The van der Waals surface area contributed by atoms with Crippen LogP contribution in [0.2, 0.25) is 0 Å². The van der Waals surface area contributed by atoms with Gasteiger partial charge in [0.05, 0.1) is 5.75 Å². The molecular formula is C20H23N5OS. The summed E-state index contributed by atoms with van der Waals surface area (Å²) in [6.45, 7) is 4.87. The molecule has 2 heterocycles. The lowest BCUT2D eigenvalue weighted by atomic mass is 10.1. The molecule has 0 saturated heterocycles. The number of carbonyl (C=O) groups is 1. The lowest BCUT2D eigenvalue weighted by Gasteiger charge is -2.10. The van der Waals surface area contributed by atoms with Crippen LogP contribution in [0.25, 0.3) is 0 Å². The van der Waals surface area contributed by atoms with Gasteiger partial charge in [0.15, 0.2) is 10.9 Å². The fraction of sp³-hybridized carbons (Fsp3) is 0.250. The standard InChI is InChI=1S/C20H23N5OS/c1-13-10-16(14(2)25(13)9-8-15-6-4-3-5-7-15)17(26)12-27-20-23-18(21)11-19(22)24-20/h3-7,10-11H,8-9,12H2,1-2H3,(H4,21,22,23,24). The summed E-state index contributed by atoms with van der Waals surface area (Å²) in [7, 11) is 0. The molecule has 0 atom stereocenters. The van der Waals surface area contributed by atoms with Gasteiger partial charge in [-0.15, -0.1) is 0 Å². The van der Waals surface area contributed by atoms with Crippen molar-refractivity contribution in [2.75, 3.05) is 17.2 Å². The van der Waals surface area contributed by atoms with Crippen LogP contribution < -0.4 is 11.5 Å². The van der Waals surface area contributed by atoms with Gasteiger partial charge in [0, 0.05) is 29.6 Å². The average molecular weight is 382 g/mol. The molecule has 1 aromatic carbocycles. The number of ketones is 1. The molecule has 0 saturated carbocycles. The Morgan fingerprint density at radius 1 is 1.07 bits per heavy atom. The lowest BCUT2D eigenvalue weighted by molar-refractivity contribution is 0.102. The van der Waals surface area contributed by atoms with E-state index in [4.69, 9.17) is 11.5 Å². The van der Waals surface area contributed by atoms with Crippen LogP contribution in [0, 0.1) is 13.8 Å². The molecule has 3 rings (SSSR count). The number of hydrogen-bond acceptors (Lipinski definition) is 6. The molecule has 0 aliphatic carbocycles. The van der Waals surface area contributed by atoms with Crippen molar-refractivity contribution < 1.29 is 4.79 Å². The fourth-order valence-corrected chi connectivity index (χ4v) is 3.80. The Bertz CT molecular complexity index is 932. The number of aromatic nitrogens is 3. The largest absolute Gasteiger partial charge is 0.383 e. The number of anilines is 2. The van der Waals surface area contributed by atoms with E-state index < -0.39 is 0 Å². The first-order chi connectivity index (χ1) is 12.9. The molecule has 0 radical (unpaired) electrons. The van der Waals surface area contributed by atoms with Crippen LogP contribution in [0.15, 0.2) is 47.6 Å². The molecule has 7 heteroatoms. The number of thioether (sulfide) groups is 1. The maximum Gasteiger partial charge on any atom is 0.191 e. The van der Waals surface area contributed by atoms with Crippen LogP contribution in [0.3, 0.4) is 0 Å². The number of carbonyl (C=O) groups excluding carboxylic acids is 1. The second kappa shape index (κ2) is 8.26. The van der Waals surface area contributed by atoms with Gasteiger partial charge in [-0.2, -0.15) is 0 Å². The third kappa shape index (κ3) is 4.68. The van der Waals surface area contributed by atoms with Crippen molar-refractivity contribution in [2.45, 2.75) is 32.0 Å². The Labute approximate surface area is 163 Å². The third-order valence-corrected chi connectivity index (χ3v) is 5.27. The first kappa shape index (κ1) is 19.0. The highest BCUT2D eigenvalue weighted by Gasteiger charge is 2.16. The van der Waals surface area contributed by atoms with Gasteiger partial charge in [0.1, 0.15) is 11.6 Å². The van der Waals surface area contributed by atoms with E-state index in [1.54, 1.807) is 0 Å². The van der Waals surface area contributed by atoms with Crippen molar-refractivity contribution in [1.29, 1.82) is 0 Å². The number of nitrogens with zero attached hydrogens (tertiary/aromatic N) is 3. The SMILES string of the molecule is Cc1cc(C(=O)CSc2nc(N)cc(N)n2)c(C)n1CCc1ccccc1. The molecule has 0 unspecified atom stereocenters. The number of nitrogens with two attached hydrogens (primary N) is 2. The smallest absolute Gasteiger partial charge is 0.191 e. The van der Waals surface area contributed by atoms with Gasteiger partial charge in [0.25, 0.3) is 0 Å². The quantitative estimate of drug-likeness (QED) is 0.370. The molecule has 27 heavy (non-hydrogen) atoms. The number of nitrogen functional groups attached to an aromatic ring is 2. The minimum absolute atomic E-state index is 0.0451. The summed E-state index contributed by atoms with van der Waals surface area (Å²) in [4.78, 5) is 20.9. The zero-order chi connectivity index (χ0) is 19.4. The van der Waals surface area contributed by atoms with E-state index in [-0.39, 0.29) is 11.5 Å². The summed E-state index contributed by atoms with van der Waals surface area (Å²) < 4.78 is 2.19. The number of aryl methyl sites for hydroxylation is 2. The van der Waals surface area contributed by atoms with Crippen molar-refractivity contribution in [1.82, 2.24) is 14.5 Å². The molecule has 0 fully saturated rings. The van der Waals surface area contributed by atoms with E-state index in [0.29, 0.717) is 16.8 Å². The third-order valence-electron chi connectivity index (χ3n) is 4.42. The van der Waals surface area contributed by atoms with Gasteiger partial charge in [0.2, 0.25) is 0 Å². The van der Waals surface area contributed by atoms with E-state index in [1.807, 2.05) is 38.1 Å². The Balaban J connectivity index is 1.68. The predicted molar refractivity (Wildman–Crippen MR) is 110 cm³/mol. The van der Waals surface area contributed by atoms with Crippen molar-refractivity contribution in [2.24, 2.45) is 0 Å². The molecule has 140 valence electrons. The van der Waals surface area contributed by atoms with Crippen molar-refractivity contribution in [3.63, 3.8) is 0 Å². The Hall–Kier alpha value is -2.80. The van der Waals surface area contributed by atoms with E-state index in [0.717, 1.165) is 29.9 Å². The monoisotopic (exact) mass is 381 g/mol. The van der Waals surface area contributed by atoms with Gasteiger partial charge in [-0.05, 0) is 31.9 Å². The van der Waals surface area contributed by atoms with Crippen LogP contribution in [-0.4, -0.2) is 26.1 Å². The number of rotatable bonds is 7. The molecule has 0 amide bonds. The highest BCUT2D eigenvalue weighted by Crippen LogP contribution is 2.21. The second-order valence-corrected chi connectivity index (χ2v) is 7.33. The molecule has 0 bridgehead atoms. The molecule has 6 nitrogen and oxygen atoms in total. The highest BCUT2D eigenvalue weighted by molar-refractivity contribution is 7.99. The van der Waals surface area contributed by atoms with E-state index in [2.05, 4.69) is 26.7 Å². The fourth-order valence-electron chi connectivity index (χ4n) is 3.05. The normalized spacial score (nSPS) is 10.9. The maximum absolute atomic E-state index is 12.7. The average Bonchev–Trinajstić information content (AvgIpc) is 2.92. The minimum atomic E-state index is 0.0451. The summed E-state index contributed by atoms with van der Waals surface area (Å²) in [5.41, 5.74) is 15.4. The van der Waals surface area contributed by atoms with Crippen molar-refractivity contribution in [3.05, 3.63) is 65.0 Å². The van der Waals surface area contributed by atoms with Crippen LogP contribution >= 0.6 is 11.8 Å². The van der Waals surface area contributed by atoms with Gasteiger partial charge in [-0.3, -0.25) is 4.79 Å². The van der Waals surface area contributed by atoms with Gasteiger partial charge < -0.3 is 16.0 Å². The van der Waals surface area contributed by atoms with E-state index in [1.165, 1.54) is 23.4 Å². The molecule has 0 aliphatic heterocycles. The molecule has 4 N–H and O–H groups in total. The molecule has 0 spiro atoms. The summed E-state index contributed by atoms with van der Waals surface area (Å²) >= 11 is 1.24. The predicted octanol–water partition coefficient (Wildman–Crippen LogP) is 3.28. The summed E-state index contributed by atoms with van der Waals surface area (Å²) in [6, 6.07) is 13.8. The lowest BCUT2D eigenvalue weighted by Crippen LogP contribution is -2.09. The van der Waals surface area contributed by atoms with E-state index in [9.17, 15) is 4.79 Å². The molecule has 0 aliphatic rings. The molecular weight excluding hydrogens is 358 g/mol. The van der Waals surface area contributed by atoms with Crippen LogP contribution in [0.4, 0.5) is 11.6 Å². The summed E-state index contributed by atoms with van der Waals surface area (Å²) in [5, 5.41) is 0.415. The zero-order valence-electron chi connectivity index (χ0n) is 15.5. The van der Waals surface area contributed by atoms with Crippen LogP contribution in [0.1, 0.15) is 27.3 Å². The number of hydrogen-bond donors (Lipinski definition) is 2. The Kier molecular flexibility index (Phi) is 5.81. The van der Waals surface area contributed by atoms with Gasteiger partial charge >= 0.3 is 0 Å². The van der Waals surface area contributed by atoms with Gasteiger partial charge in [-0.1, -0.05) is 42.1 Å². The van der Waals surface area contributed by atoms with Crippen LogP contribution in [-0.2, 0) is 13.0 Å². The Morgan fingerprint density at radius 2 is 1.74 bits per heavy atom. The van der Waals surface area contributed by atoms with Crippen molar-refractivity contribution >= 4 is 29.2 Å². The maximum atomic E-state index is 12.7. The molecule has 2 aromatic heterocycles. The number of Topliss-reactive ketones (excluding diaryl/α,β-unsaturated/α-hetero) is 1. The second-order valence-electron chi connectivity index (χ2n) is 6.38. The zero-order valence-corrected chi connectivity index (χ0v) is 16.3. The summed E-state index contributed by atoms with van der Waals surface area (Å²) in [6.07, 6.45) is 0.927. The van der Waals surface area contributed by atoms with Crippen molar-refractivity contribution in [3.8, 4) is 0 Å². The summed E-state index contributed by atoms with van der Waals surface area (Å²) in [5.74, 6) is 0.892. The minimum Gasteiger partial charge on any atom is -0.383 e. The van der Waals surface area contributed by atoms with Gasteiger partial charge in [-0.25, -0.2) is 9.97 Å². The van der Waals surface area contributed by atoms with E-state index >= 15 is 0 Å². The van der Waals surface area contributed by atoms with Crippen LogP contribution in [0.5, 0.6) is 0 Å². The first-order valence-electron chi connectivity index (χ1n) is 8.70. The Morgan fingerprint density at radius 3 is 2.41 bits per heavy atom. The first-order valence-corrected chi connectivity index (χ1v) is 9.69. The highest BCUT2D eigenvalue weighted by atomic mass is 32.2.